The minimum absolute atomic E-state index is 0.346. The summed E-state index contributed by atoms with van der Waals surface area (Å²) in [5.41, 5.74) is 2.06. The van der Waals surface area contributed by atoms with Crippen LogP contribution in [0.4, 0.5) is 13.2 Å². The molecule has 0 saturated heterocycles. The molecule has 2 unspecified atom stereocenters. The minimum atomic E-state index is -3.97. The quantitative estimate of drug-likeness (QED) is 0.427. The molecule has 7 atom stereocenters. The zero-order valence-corrected chi connectivity index (χ0v) is 15.0. The van der Waals surface area contributed by atoms with Gasteiger partial charge in [0.15, 0.2) is 0 Å². The van der Waals surface area contributed by atoms with Gasteiger partial charge in [0, 0.05) is 0 Å². The van der Waals surface area contributed by atoms with Gasteiger partial charge in [-0.3, -0.25) is 0 Å². The van der Waals surface area contributed by atoms with Crippen LogP contribution in [0.3, 0.4) is 0 Å². The largest absolute Gasteiger partial charge is 0.391 e. The summed E-state index contributed by atoms with van der Waals surface area (Å²) >= 11 is 0. The van der Waals surface area contributed by atoms with Crippen LogP contribution in [0.1, 0.15) is 71.6 Å². The molecule has 0 aromatic carbocycles. The summed E-state index contributed by atoms with van der Waals surface area (Å²) < 4.78 is 39.4. The van der Waals surface area contributed by atoms with Crippen molar-refractivity contribution in [1.82, 2.24) is 0 Å². The first-order valence-corrected chi connectivity index (χ1v) is 10.1. The summed E-state index contributed by atoms with van der Waals surface area (Å²) in [6.07, 6.45) is 7.34. The highest BCUT2D eigenvalue weighted by Crippen LogP contribution is 2.64. The third kappa shape index (κ3) is 2.48. The lowest BCUT2D eigenvalue weighted by Crippen LogP contribution is -2.48. The van der Waals surface area contributed by atoms with Gasteiger partial charge in [-0.05, 0) is 99.7 Å². The van der Waals surface area contributed by atoms with E-state index in [1.54, 1.807) is 5.57 Å². The topological polar surface area (TPSA) is 0 Å². The molecule has 0 amide bonds. The van der Waals surface area contributed by atoms with Crippen molar-refractivity contribution in [1.29, 1.82) is 0 Å². The molecule has 0 radical (unpaired) electrons. The first-order chi connectivity index (χ1) is 11.3. The average Bonchev–Trinajstić information content (AvgIpc) is 2.89. The minimum Gasteiger partial charge on any atom is -0.171 e. The van der Waals surface area contributed by atoms with Gasteiger partial charge in [-0.1, -0.05) is 18.6 Å². The van der Waals surface area contributed by atoms with Crippen LogP contribution in [0.5, 0.6) is 0 Å². The van der Waals surface area contributed by atoms with E-state index in [1.165, 1.54) is 32.1 Å². The molecule has 0 aromatic heterocycles. The van der Waals surface area contributed by atoms with Gasteiger partial charge in [-0.25, -0.2) is 0 Å². The number of hydrogen-bond acceptors (Lipinski definition) is 0. The third-order valence-electron chi connectivity index (χ3n) is 8.61. The monoisotopic (exact) mass is 340 g/mol. The van der Waals surface area contributed by atoms with Gasteiger partial charge in [0.05, 0.1) is 5.92 Å². The van der Waals surface area contributed by atoms with E-state index in [-0.39, 0.29) is 0 Å². The van der Waals surface area contributed by atoms with Gasteiger partial charge in [-0.15, -0.1) is 0 Å². The van der Waals surface area contributed by atoms with E-state index in [2.05, 4.69) is 19.9 Å². The van der Waals surface area contributed by atoms with Crippen LogP contribution >= 0.6 is 0 Å². The first kappa shape index (κ1) is 17.0. The third-order valence-corrected chi connectivity index (χ3v) is 8.61. The molecule has 4 aliphatic carbocycles. The summed E-state index contributed by atoms with van der Waals surface area (Å²) in [4.78, 5) is 0. The average molecular weight is 340 g/mol. The Morgan fingerprint density at radius 2 is 1.71 bits per heavy atom. The van der Waals surface area contributed by atoms with Crippen LogP contribution in [0.25, 0.3) is 0 Å². The fraction of sp³-hybridized carbons (Fsp3) is 0.905. The predicted octanol–water partition coefficient (Wildman–Crippen LogP) is 6.76. The Labute approximate surface area is 144 Å². The molecule has 0 aromatic rings. The Balaban J connectivity index is 1.52. The number of hydrogen-bond donors (Lipinski definition) is 0. The molecular weight excluding hydrogens is 309 g/mol. The van der Waals surface area contributed by atoms with E-state index in [0.717, 1.165) is 24.7 Å². The standard InChI is InChI=1S/C21H31F3/c1-3-14-6-9-19-18-7-4-13-12-15(21(22,23)24)5-8-16(13)17(18)10-11-20(14,19)2/h3,13,15-19H,4-12H2,1-2H3/b14-3-/t13-,15+,16+,17?,18-,19?,20-/m1/s1. The van der Waals surface area contributed by atoms with E-state index in [1.807, 2.05) is 0 Å². The van der Waals surface area contributed by atoms with E-state index >= 15 is 0 Å². The zero-order valence-electron chi connectivity index (χ0n) is 15.0. The Hall–Kier alpha value is -0.470. The fourth-order valence-corrected chi connectivity index (χ4v) is 7.47. The fourth-order valence-electron chi connectivity index (χ4n) is 7.47. The molecule has 4 fully saturated rings. The molecule has 0 spiro atoms. The van der Waals surface area contributed by atoms with Gasteiger partial charge in [0.25, 0.3) is 0 Å². The SMILES string of the molecule is C/C=C1/CCC2[C@@H]3CC[C@@H]4C[C@@H](C(F)(F)F)CC[C@@H]4C3CC[C@]12C. The Kier molecular flexibility index (Phi) is 4.08. The Morgan fingerprint density at radius 3 is 2.42 bits per heavy atom. The van der Waals surface area contributed by atoms with Crippen molar-refractivity contribution < 1.29 is 13.2 Å². The number of allylic oxidation sites excluding steroid dienone is 2. The molecule has 0 aliphatic heterocycles. The van der Waals surface area contributed by atoms with E-state index in [0.29, 0.717) is 36.0 Å². The molecule has 3 heteroatoms. The van der Waals surface area contributed by atoms with E-state index in [4.69, 9.17) is 0 Å². The normalized spacial score (nSPS) is 50.3. The van der Waals surface area contributed by atoms with E-state index in [9.17, 15) is 13.2 Å². The van der Waals surface area contributed by atoms with E-state index < -0.39 is 12.1 Å². The second-order valence-corrected chi connectivity index (χ2v) is 9.30. The van der Waals surface area contributed by atoms with Gasteiger partial charge in [0.1, 0.15) is 0 Å². The van der Waals surface area contributed by atoms with Gasteiger partial charge >= 0.3 is 6.18 Å². The van der Waals surface area contributed by atoms with Crippen LogP contribution < -0.4 is 0 Å². The van der Waals surface area contributed by atoms with Crippen LogP contribution in [-0.2, 0) is 0 Å². The maximum Gasteiger partial charge on any atom is 0.391 e. The smallest absolute Gasteiger partial charge is 0.171 e. The van der Waals surface area contributed by atoms with Crippen molar-refractivity contribution in [2.24, 2.45) is 40.9 Å². The summed E-state index contributed by atoms with van der Waals surface area (Å²) in [6, 6.07) is 0. The van der Waals surface area contributed by atoms with Crippen LogP contribution in [0.2, 0.25) is 0 Å². The Morgan fingerprint density at radius 1 is 0.958 bits per heavy atom. The van der Waals surface area contributed by atoms with Crippen molar-refractivity contribution in [3.05, 3.63) is 11.6 Å². The second kappa shape index (κ2) is 5.77. The molecule has 0 N–H and O–H groups in total. The molecule has 4 rings (SSSR count). The zero-order chi connectivity index (χ0) is 17.1. The maximum absolute atomic E-state index is 13.1. The summed E-state index contributed by atoms with van der Waals surface area (Å²) in [5.74, 6) is 2.20. The lowest BCUT2D eigenvalue weighted by molar-refractivity contribution is -0.195. The van der Waals surface area contributed by atoms with Gasteiger partial charge in [0.2, 0.25) is 0 Å². The molecule has 0 heterocycles. The highest BCUT2D eigenvalue weighted by atomic mass is 19.4. The van der Waals surface area contributed by atoms with Crippen molar-refractivity contribution in [2.45, 2.75) is 77.8 Å². The van der Waals surface area contributed by atoms with Crippen LogP contribution in [0, 0.1) is 40.9 Å². The highest BCUT2D eigenvalue weighted by molar-refractivity contribution is 5.23. The number of rotatable bonds is 0. The van der Waals surface area contributed by atoms with Crippen molar-refractivity contribution in [3.63, 3.8) is 0 Å². The number of halogens is 3. The molecule has 4 aliphatic rings. The molecule has 4 saturated carbocycles. The molecule has 0 bridgehead atoms. The van der Waals surface area contributed by atoms with Crippen molar-refractivity contribution >= 4 is 0 Å². The van der Waals surface area contributed by atoms with Gasteiger partial charge < -0.3 is 0 Å². The number of fused-ring (bicyclic) bond motifs is 5. The predicted molar refractivity (Wildman–Crippen MR) is 90.4 cm³/mol. The van der Waals surface area contributed by atoms with Crippen LogP contribution in [-0.4, -0.2) is 6.18 Å². The first-order valence-electron chi connectivity index (χ1n) is 10.1. The molecule has 0 nitrogen and oxygen atoms in total. The summed E-state index contributed by atoms with van der Waals surface area (Å²) in [5, 5.41) is 0. The summed E-state index contributed by atoms with van der Waals surface area (Å²) in [7, 11) is 0. The van der Waals surface area contributed by atoms with Gasteiger partial charge in [-0.2, -0.15) is 13.2 Å². The number of alkyl halides is 3. The second-order valence-electron chi connectivity index (χ2n) is 9.30. The highest BCUT2D eigenvalue weighted by Gasteiger charge is 2.56. The Bertz CT molecular complexity index is 520. The molecular formula is C21H31F3. The lowest BCUT2D eigenvalue weighted by Gasteiger charge is -2.55. The van der Waals surface area contributed by atoms with Crippen LogP contribution in [0.15, 0.2) is 11.6 Å². The molecule has 136 valence electrons. The lowest BCUT2D eigenvalue weighted by atomic mass is 9.50. The van der Waals surface area contributed by atoms with Crippen molar-refractivity contribution in [2.75, 3.05) is 0 Å². The summed E-state index contributed by atoms with van der Waals surface area (Å²) in [6.45, 7) is 4.66. The van der Waals surface area contributed by atoms with Crippen molar-refractivity contribution in [3.8, 4) is 0 Å². The maximum atomic E-state index is 13.1. The molecule has 24 heavy (non-hydrogen) atoms.